The Labute approximate surface area is 135 Å². The van der Waals surface area contributed by atoms with Crippen LogP contribution in [0.1, 0.15) is 39.5 Å². The molecule has 1 unspecified atom stereocenters. The standard InChI is InChI=1S/C16H24BrNO3/c1-3-16(2,10-11-19)18-15(20)5-4-12-21-14-8-6-13(17)7-9-14/h6-9,19H,3-5,10-12H2,1-2H3,(H,18,20). The van der Waals surface area contributed by atoms with Crippen LogP contribution in [0, 0.1) is 0 Å². The highest BCUT2D eigenvalue weighted by molar-refractivity contribution is 9.10. The Kier molecular flexibility index (Phi) is 7.75. The number of ether oxygens (including phenoxy) is 1. The van der Waals surface area contributed by atoms with E-state index in [1.54, 1.807) is 0 Å². The minimum Gasteiger partial charge on any atom is -0.494 e. The summed E-state index contributed by atoms with van der Waals surface area (Å²) in [4.78, 5) is 11.9. The molecule has 1 rings (SSSR count). The third kappa shape index (κ3) is 6.96. The Morgan fingerprint density at radius 2 is 2.05 bits per heavy atom. The van der Waals surface area contributed by atoms with Gasteiger partial charge in [-0.2, -0.15) is 0 Å². The normalized spacial score (nSPS) is 13.5. The first-order valence-electron chi connectivity index (χ1n) is 7.29. The van der Waals surface area contributed by atoms with E-state index in [9.17, 15) is 4.79 Å². The fraction of sp³-hybridized carbons (Fsp3) is 0.562. The Morgan fingerprint density at radius 3 is 2.62 bits per heavy atom. The van der Waals surface area contributed by atoms with Crippen molar-refractivity contribution in [2.75, 3.05) is 13.2 Å². The molecule has 0 saturated heterocycles. The van der Waals surface area contributed by atoms with Crippen molar-refractivity contribution in [3.05, 3.63) is 28.7 Å². The molecule has 118 valence electrons. The van der Waals surface area contributed by atoms with E-state index in [2.05, 4.69) is 21.2 Å². The molecule has 0 heterocycles. The average Bonchev–Trinajstić information content (AvgIpc) is 2.45. The quantitative estimate of drug-likeness (QED) is 0.666. The summed E-state index contributed by atoms with van der Waals surface area (Å²) in [5, 5.41) is 12.0. The van der Waals surface area contributed by atoms with Crippen molar-refractivity contribution in [3.8, 4) is 5.75 Å². The first-order chi connectivity index (χ1) is 9.99. The summed E-state index contributed by atoms with van der Waals surface area (Å²) in [5.41, 5.74) is -0.321. The summed E-state index contributed by atoms with van der Waals surface area (Å²) in [6, 6.07) is 7.62. The van der Waals surface area contributed by atoms with Crippen molar-refractivity contribution in [2.45, 2.75) is 45.1 Å². The van der Waals surface area contributed by atoms with Crippen LogP contribution in [0.2, 0.25) is 0 Å². The molecule has 0 aliphatic heterocycles. The third-order valence-electron chi connectivity index (χ3n) is 3.52. The summed E-state index contributed by atoms with van der Waals surface area (Å²) in [6.07, 6.45) is 2.47. The van der Waals surface area contributed by atoms with Crippen LogP contribution in [0.3, 0.4) is 0 Å². The van der Waals surface area contributed by atoms with Crippen molar-refractivity contribution in [1.29, 1.82) is 0 Å². The van der Waals surface area contributed by atoms with Crippen molar-refractivity contribution in [1.82, 2.24) is 5.32 Å². The smallest absolute Gasteiger partial charge is 0.220 e. The molecule has 0 radical (unpaired) electrons. The number of halogens is 1. The number of amides is 1. The largest absolute Gasteiger partial charge is 0.494 e. The second-order valence-corrected chi connectivity index (χ2v) is 6.26. The number of hydrogen-bond donors (Lipinski definition) is 2. The van der Waals surface area contributed by atoms with E-state index < -0.39 is 0 Å². The molecule has 0 bridgehead atoms. The summed E-state index contributed by atoms with van der Waals surface area (Å²) < 4.78 is 6.59. The summed E-state index contributed by atoms with van der Waals surface area (Å²) in [6.45, 7) is 4.56. The fourth-order valence-corrected chi connectivity index (χ4v) is 2.19. The Bertz CT molecular complexity index is 436. The van der Waals surface area contributed by atoms with E-state index in [-0.39, 0.29) is 18.1 Å². The van der Waals surface area contributed by atoms with Gasteiger partial charge in [-0.25, -0.2) is 0 Å². The number of hydrogen-bond acceptors (Lipinski definition) is 3. The van der Waals surface area contributed by atoms with Gasteiger partial charge in [-0.3, -0.25) is 4.79 Å². The van der Waals surface area contributed by atoms with Crippen molar-refractivity contribution < 1.29 is 14.6 Å². The van der Waals surface area contributed by atoms with E-state index in [4.69, 9.17) is 9.84 Å². The van der Waals surface area contributed by atoms with Crippen LogP contribution in [0.15, 0.2) is 28.7 Å². The molecule has 5 heteroatoms. The minimum atomic E-state index is -0.321. The number of carbonyl (C=O) groups is 1. The lowest BCUT2D eigenvalue weighted by Crippen LogP contribution is -2.46. The third-order valence-corrected chi connectivity index (χ3v) is 4.04. The van der Waals surface area contributed by atoms with E-state index in [1.165, 1.54) is 0 Å². The number of aliphatic hydroxyl groups is 1. The molecule has 0 aliphatic carbocycles. The SMILES string of the molecule is CCC(C)(CCO)NC(=O)CCCOc1ccc(Br)cc1. The van der Waals surface area contributed by atoms with Gasteiger partial charge in [-0.1, -0.05) is 22.9 Å². The molecular weight excluding hydrogens is 334 g/mol. The maximum atomic E-state index is 11.9. The molecule has 2 N–H and O–H groups in total. The summed E-state index contributed by atoms with van der Waals surface area (Å²) >= 11 is 3.37. The Hall–Kier alpha value is -1.07. The molecule has 0 aliphatic rings. The maximum absolute atomic E-state index is 11.9. The van der Waals surface area contributed by atoms with Crippen LogP contribution in [0.25, 0.3) is 0 Å². The lowest BCUT2D eigenvalue weighted by Gasteiger charge is -2.29. The van der Waals surface area contributed by atoms with E-state index in [0.717, 1.165) is 16.6 Å². The Balaban J connectivity index is 2.25. The summed E-state index contributed by atoms with van der Waals surface area (Å²) in [7, 11) is 0. The molecule has 1 amide bonds. The van der Waals surface area contributed by atoms with Gasteiger partial charge >= 0.3 is 0 Å². The monoisotopic (exact) mass is 357 g/mol. The van der Waals surface area contributed by atoms with Crippen LogP contribution in [0.5, 0.6) is 5.75 Å². The highest BCUT2D eigenvalue weighted by Crippen LogP contribution is 2.17. The number of aliphatic hydroxyl groups excluding tert-OH is 1. The lowest BCUT2D eigenvalue weighted by atomic mass is 9.94. The van der Waals surface area contributed by atoms with Crippen LogP contribution >= 0.6 is 15.9 Å². The van der Waals surface area contributed by atoms with Crippen LogP contribution in [-0.2, 0) is 4.79 Å². The van der Waals surface area contributed by atoms with Gasteiger partial charge in [0, 0.05) is 23.0 Å². The number of nitrogens with one attached hydrogen (secondary N) is 1. The molecule has 1 atom stereocenters. The van der Waals surface area contributed by atoms with Crippen molar-refractivity contribution >= 4 is 21.8 Å². The topological polar surface area (TPSA) is 58.6 Å². The molecule has 4 nitrogen and oxygen atoms in total. The highest BCUT2D eigenvalue weighted by Gasteiger charge is 2.23. The van der Waals surface area contributed by atoms with Crippen LogP contribution in [0.4, 0.5) is 0 Å². The van der Waals surface area contributed by atoms with Gasteiger partial charge < -0.3 is 15.2 Å². The van der Waals surface area contributed by atoms with E-state index in [1.807, 2.05) is 38.1 Å². The van der Waals surface area contributed by atoms with Gasteiger partial charge in [0.15, 0.2) is 0 Å². The first kappa shape index (κ1) is 18.0. The number of carbonyl (C=O) groups excluding carboxylic acids is 1. The average molecular weight is 358 g/mol. The van der Waals surface area contributed by atoms with Crippen molar-refractivity contribution in [3.63, 3.8) is 0 Å². The molecule has 0 spiro atoms. The minimum absolute atomic E-state index is 0.00667. The van der Waals surface area contributed by atoms with Crippen LogP contribution in [-0.4, -0.2) is 29.8 Å². The molecular formula is C16H24BrNO3. The van der Waals surface area contributed by atoms with E-state index >= 15 is 0 Å². The molecule has 1 aromatic rings. The van der Waals surface area contributed by atoms with E-state index in [0.29, 0.717) is 25.9 Å². The predicted octanol–water partition coefficient (Wildman–Crippen LogP) is 3.28. The second-order valence-electron chi connectivity index (χ2n) is 5.34. The number of rotatable bonds is 9. The first-order valence-corrected chi connectivity index (χ1v) is 8.08. The summed E-state index contributed by atoms with van der Waals surface area (Å²) in [5.74, 6) is 0.810. The predicted molar refractivity (Wildman–Crippen MR) is 87.4 cm³/mol. The zero-order valence-corrected chi connectivity index (χ0v) is 14.3. The van der Waals surface area contributed by atoms with Gasteiger partial charge in [0.2, 0.25) is 5.91 Å². The van der Waals surface area contributed by atoms with Crippen LogP contribution < -0.4 is 10.1 Å². The molecule has 0 aromatic heterocycles. The molecule has 21 heavy (non-hydrogen) atoms. The zero-order chi connectivity index (χ0) is 15.7. The van der Waals surface area contributed by atoms with Gasteiger partial charge in [-0.05, 0) is 50.5 Å². The molecule has 1 aromatic carbocycles. The lowest BCUT2D eigenvalue weighted by molar-refractivity contribution is -0.123. The molecule has 0 saturated carbocycles. The zero-order valence-electron chi connectivity index (χ0n) is 12.7. The van der Waals surface area contributed by atoms with Gasteiger partial charge in [-0.15, -0.1) is 0 Å². The maximum Gasteiger partial charge on any atom is 0.220 e. The molecule has 0 fully saturated rings. The van der Waals surface area contributed by atoms with Gasteiger partial charge in [0.05, 0.1) is 6.61 Å². The Morgan fingerprint density at radius 1 is 1.38 bits per heavy atom. The highest BCUT2D eigenvalue weighted by atomic mass is 79.9. The van der Waals surface area contributed by atoms with Crippen molar-refractivity contribution in [2.24, 2.45) is 0 Å². The fourth-order valence-electron chi connectivity index (χ4n) is 1.93. The second kappa shape index (κ2) is 9.05. The number of benzene rings is 1. The van der Waals surface area contributed by atoms with Gasteiger partial charge in [0.25, 0.3) is 0 Å². The van der Waals surface area contributed by atoms with Gasteiger partial charge in [0.1, 0.15) is 5.75 Å².